The summed E-state index contributed by atoms with van der Waals surface area (Å²) in [5, 5.41) is 1.33. The maximum Gasteiger partial charge on any atom is 0.281 e. The average molecular weight is 474 g/mol. The van der Waals surface area contributed by atoms with Crippen LogP contribution in [-0.2, 0) is 11.2 Å². The molecule has 0 bridgehead atoms. The number of hydrogen-bond donors (Lipinski definition) is 2. The molecule has 5 rings (SSSR count). The van der Waals surface area contributed by atoms with Crippen molar-refractivity contribution in [3.8, 4) is 10.6 Å². The maximum atomic E-state index is 12.9. The first-order valence-corrected chi connectivity index (χ1v) is 11.9. The smallest absolute Gasteiger partial charge is 0.281 e. The van der Waals surface area contributed by atoms with Crippen molar-refractivity contribution in [1.82, 2.24) is 25.4 Å². The van der Waals surface area contributed by atoms with Crippen molar-refractivity contribution in [2.45, 2.75) is 38.6 Å². The minimum atomic E-state index is -0.413. The quantitative estimate of drug-likeness (QED) is 0.417. The van der Waals surface area contributed by atoms with Crippen LogP contribution in [0.1, 0.15) is 46.5 Å². The number of rotatable bonds is 6. The van der Waals surface area contributed by atoms with E-state index >= 15 is 0 Å². The number of carbonyl (C=O) groups is 2. The van der Waals surface area contributed by atoms with Crippen LogP contribution in [0.3, 0.4) is 0 Å². The molecule has 4 aromatic rings. The van der Waals surface area contributed by atoms with Gasteiger partial charge in [0, 0.05) is 24.4 Å². The predicted octanol–water partition coefficient (Wildman–Crippen LogP) is 3.56. The summed E-state index contributed by atoms with van der Waals surface area (Å²) in [6.45, 7) is 1.77. The van der Waals surface area contributed by atoms with E-state index in [0.29, 0.717) is 33.7 Å². The van der Waals surface area contributed by atoms with Gasteiger partial charge in [-0.05, 0) is 31.9 Å². The zero-order valence-corrected chi connectivity index (χ0v) is 19.4. The fraction of sp³-hybridized carbons (Fsp3) is 0.240. The Bertz CT molecular complexity index is 1440. The van der Waals surface area contributed by atoms with E-state index < -0.39 is 5.91 Å². The lowest BCUT2D eigenvalue weighted by Crippen LogP contribution is -2.41. The number of hydrogen-bond acceptors (Lipinski definition) is 6. The maximum absolute atomic E-state index is 12.9. The van der Waals surface area contributed by atoms with Gasteiger partial charge in [0.25, 0.3) is 11.5 Å². The molecule has 1 aliphatic carbocycles. The van der Waals surface area contributed by atoms with Gasteiger partial charge in [0.2, 0.25) is 5.91 Å². The van der Waals surface area contributed by atoms with Gasteiger partial charge in [-0.15, -0.1) is 11.3 Å². The Labute approximate surface area is 199 Å². The lowest BCUT2D eigenvalue weighted by atomic mass is 10.2. The largest absolute Gasteiger partial charge is 0.293 e. The zero-order chi connectivity index (χ0) is 23.7. The number of para-hydroxylation sites is 1. The van der Waals surface area contributed by atoms with Gasteiger partial charge in [-0.25, -0.2) is 9.97 Å². The Morgan fingerprint density at radius 3 is 2.53 bits per heavy atom. The third-order valence-electron chi connectivity index (χ3n) is 5.71. The van der Waals surface area contributed by atoms with Crippen molar-refractivity contribution in [3.63, 3.8) is 0 Å². The second-order valence-electron chi connectivity index (χ2n) is 8.25. The Hall–Kier alpha value is -3.85. The predicted molar refractivity (Wildman–Crippen MR) is 130 cm³/mol. The fourth-order valence-corrected chi connectivity index (χ4v) is 4.83. The van der Waals surface area contributed by atoms with E-state index in [2.05, 4.69) is 20.8 Å². The number of aryl methyl sites for hydroxylation is 2. The number of aromatic nitrogens is 3. The van der Waals surface area contributed by atoms with E-state index in [1.807, 2.05) is 42.5 Å². The Kier molecular flexibility index (Phi) is 5.93. The van der Waals surface area contributed by atoms with Crippen LogP contribution in [0, 0.1) is 6.92 Å². The zero-order valence-electron chi connectivity index (χ0n) is 18.6. The van der Waals surface area contributed by atoms with Crippen molar-refractivity contribution in [3.05, 3.63) is 81.3 Å². The Morgan fingerprint density at radius 1 is 1.03 bits per heavy atom. The molecular formula is C25H23N5O3S. The second-order valence-corrected chi connectivity index (χ2v) is 9.25. The molecule has 2 aromatic carbocycles. The summed E-state index contributed by atoms with van der Waals surface area (Å²) in [4.78, 5) is 47.6. The summed E-state index contributed by atoms with van der Waals surface area (Å²) >= 11 is 1.27. The molecule has 0 aliphatic heterocycles. The number of amides is 2. The van der Waals surface area contributed by atoms with Crippen molar-refractivity contribution >= 4 is 34.1 Å². The van der Waals surface area contributed by atoms with Gasteiger partial charge in [-0.3, -0.25) is 29.8 Å². The topological polar surface area (TPSA) is 106 Å². The first kappa shape index (κ1) is 22.0. The molecule has 2 amide bonds. The normalized spacial score (nSPS) is 13.1. The fourth-order valence-electron chi connectivity index (χ4n) is 3.86. The number of nitrogens with zero attached hydrogens (tertiary/aromatic N) is 3. The molecule has 9 heteroatoms. The summed E-state index contributed by atoms with van der Waals surface area (Å²) in [5.74, 6) is -0.175. The van der Waals surface area contributed by atoms with Crippen molar-refractivity contribution in [2.24, 2.45) is 0 Å². The highest BCUT2D eigenvalue weighted by Crippen LogP contribution is 2.35. The van der Waals surface area contributed by atoms with E-state index in [9.17, 15) is 14.4 Å². The summed E-state index contributed by atoms with van der Waals surface area (Å²) < 4.78 is 1.72. The van der Waals surface area contributed by atoms with E-state index in [-0.39, 0.29) is 23.9 Å². The molecule has 2 heterocycles. The first-order chi connectivity index (χ1) is 16.5. The summed E-state index contributed by atoms with van der Waals surface area (Å²) in [5.41, 5.74) is 7.04. The molecule has 2 aromatic heterocycles. The lowest BCUT2D eigenvalue weighted by molar-refractivity contribution is -0.121. The number of carbonyl (C=O) groups excluding carboxylic acids is 2. The SMILES string of the molecule is Cc1nc(-c2ccccc2)sc1C(=O)NNC(=O)CCc1nc2ccccc2c(=O)n1C1CC1. The molecule has 1 fully saturated rings. The van der Waals surface area contributed by atoms with Crippen LogP contribution in [0.2, 0.25) is 0 Å². The number of nitrogens with one attached hydrogen (secondary N) is 2. The Balaban J connectivity index is 1.24. The molecule has 34 heavy (non-hydrogen) atoms. The summed E-state index contributed by atoms with van der Waals surface area (Å²) in [6.07, 6.45) is 2.27. The summed E-state index contributed by atoms with van der Waals surface area (Å²) in [7, 11) is 0. The van der Waals surface area contributed by atoms with Gasteiger partial charge in [-0.2, -0.15) is 0 Å². The van der Waals surface area contributed by atoms with E-state index in [4.69, 9.17) is 0 Å². The van der Waals surface area contributed by atoms with Gasteiger partial charge in [0.1, 0.15) is 15.7 Å². The molecule has 0 saturated heterocycles. The number of fused-ring (bicyclic) bond motifs is 1. The number of thiazole rings is 1. The van der Waals surface area contributed by atoms with Crippen LogP contribution in [0.4, 0.5) is 0 Å². The van der Waals surface area contributed by atoms with Crippen LogP contribution in [0.5, 0.6) is 0 Å². The van der Waals surface area contributed by atoms with E-state index in [1.54, 1.807) is 23.6 Å². The van der Waals surface area contributed by atoms with Crippen molar-refractivity contribution in [1.29, 1.82) is 0 Å². The molecule has 8 nitrogen and oxygen atoms in total. The lowest BCUT2D eigenvalue weighted by Gasteiger charge is -2.13. The number of benzene rings is 2. The summed E-state index contributed by atoms with van der Waals surface area (Å²) in [6, 6.07) is 17.0. The monoisotopic (exact) mass is 473 g/mol. The van der Waals surface area contributed by atoms with Gasteiger partial charge in [-0.1, -0.05) is 42.5 Å². The second kappa shape index (κ2) is 9.18. The Morgan fingerprint density at radius 2 is 1.76 bits per heavy atom. The number of hydrazine groups is 1. The third-order valence-corrected chi connectivity index (χ3v) is 6.91. The molecule has 172 valence electrons. The standard InChI is InChI=1S/C25H23N5O3S/c1-15-22(34-24(26-15)16-7-3-2-4-8-16)23(32)29-28-21(31)14-13-20-27-19-10-6-5-9-18(19)25(33)30(20)17-11-12-17/h2-10,17H,11-14H2,1H3,(H,28,31)(H,29,32). The first-order valence-electron chi connectivity index (χ1n) is 11.1. The van der Waals surface area contributed by atoms with Crippen molar-refractivity contribution in [2.75, 3.05) is 0 Å². The molecule has 0 radical (unpaired) electrons. The highest BCUT2D eigenvalue weighted by Gasteiger charge is 2.28. The minimum absolute atomic E-state index is 0.0632. The molecule has 0 spiro atoms. The van der Waals surface area contributed by atoms with Crippen LogP contribution in [-0.4, -0.2) is 26.3 Å². The van der Waals surface area contributed by atoms with Gasteiger partial charge < -0.3 is 0 Å². The van der Waals surface area contributed by atoms with Crippen LogP contribution < -0.4 is 16.4 Å². The van der Waals surface area contributed by atoms with Crippen LogP contribution in [0.15, 0.2) is 59.4 Å². The molecule has 2 N–H and O–H groups in total. The molecular weight excluding hydrogens is 450 g/mol. The molecule has 1 saturated carbocycles. The van der Waals surface area contributed by atoms with Crippen LogP contribution >= 0.6 is 11.3 Å². The molecule has 1 aliphatic rings. The third kappa shape index (κ3) is 4.47. The highest BCUT2D eigenvalue weighted by molar-refractivity contribution is 7.17. The average Bonchev–Trinajstić information content (AvgIpc) is 3.62. The van der Waals surface area contributed by atoms with Crippen LogP contribution in [0.25, 0.3) is 21.5 Å². The van der Waals surface area contributed by atoms with E-state index in [1.165, 1.54) is 11.3 Å². The van der Waals surface area contributed by atoms with Crippen molar-refractivity contribution < 1.29 is 9.59 Å². The van der Waals surface area contributed by atoms with E-state index in [0.717, 1.165) is 23.4 Å². The molecule has 0 atom stereocenters. The van der Waals surface area contributed by atoms with Gasteiger partial charge in [0.15, 0.2) is 0 Å². The molecule has 0 unspecified atom stereocenters. The van der Waals surface area contributed by atoms with Gasteiger partial charge in [0.05, 0.1) is 16.6 Å². The highest BCUT2D eigenvalue weighted by atomic mass is 32.1. The van der Waals surface area contributed by atoms with Gasteiger partial charge >= 0.3 is 0 Å². The minimum Gasteiger partial charge on any atom is -0.293 e.